The molecule has 0 unspecified atom stereocenters. The smallest absolute Gasteiger partial charge is 0.330 e. The summed E-state index contributed by atoms with van der Waals surface area (Å²) in [5.74, 6) is -0.120. The third-order valence-electron chi connectivity index (χ3n) is 2.62. The van der Waals surface area contributed by atoms with E-state index in [2.05, 4.69) is 5.32 Å². The predicted molar refractivity (Wildman–Crippen MR) is 81.7 cm³/mol. The molecule has 118 valence electrons. The topological polar surface area (TPSA) is 84.9 Å². The molecule has 0 aromatic heterocycles. The van der Waals surface area contributed by atoms with Crippen LogP contribution in [-0.2, 0) is 18.4 Å². The highest BCUT2D eigenvalue weighted by molar-refractivity contribution is 7.53. The molecule has 0 saturated heterocycles. The summed E-state index contributed by atoms with van der Waals surface area (Å²) < 4.78 is 22.5. The quantitative estimate of drug-likeness (QED) is 0.682. The van der Waals surface area contributed by atoms with Crippen molar-refractivity contribution in [1.82, 2.24) is 0 Å². The Morgan fingerprint density at radius 3 is 2.52 bits per heavy atom. The number of aromatic hydroxyl groups is 1. The minimum atomic E-state index is -3.09. The molecule has 1 aromatic carbocycles. The minimum Gasteiger partial charge on any atom is -0.508 e. The zero-order valence-corrected chi connectivity index (χ0v) is 13.3. The summed E-state index contributed by atoms with van der Waals surface area (Å²) in [6, 6.07) is 6.31. The lowest BCUT2D eigenvalue weighted by molar-refractivity contribution is -0.116. The fourth-order valence-electron chi connectivity index (χ4n) is 1.80. The molecule has 0 aliphatic carbocycles. The largest absolute Gasteiger partial charge is 0.508 e. The number of carbonyl (C=O) groups excluding carboxylic acids is 1. The van der Waals surface area contributed by atoms with Crippen molar-refractivity contribution in [2.75, 3.05) is 24.7 Å². The van der Waals surface area contributed by atoms with Crippen LogP contribution in [0.15, 0.2) is 24.3 Å². The van der Waals surface area contributed by atoms with E-state index in [1.807, 2.05) is 0 Å². The maximum Gasteiger partial charge on any atom is 0.330 e. The first-order valence-electron chi connectivity index (χ1n) is 6.96. The van der Waals surface area contributed by atoms with Gasteiger partial charge in [-0.3, -0.25) is 9.36 Å². The molecule has 2 N–H and O–H groups in total. The number of phenols is 1. The van der Waals surface area contributed by atoms with E-state index in [9.17, 15) is 14.5 Å². The molecule has 0 fully saturated rings. The Morgan fingerprint density at radius 2 is 1.95 bits per heavy atom. The number of hydrogen-bond donors (Lipinski definition) is 2. The lowest BCUT2D eigenvalue weighted by atomic mass is 10.2. The highest BCUT2D eigenvalue weighted by Gasteiger charge is 2.23. The van der Waals surface area contributed by atoms with Gasteiger partial charge in [0.05, 0.1) is 19.4 Å². The normalized spacial score (nSPS) is 11.3. The molecule has 7 heteroatoms. The third kappa shape index (κ3) is 6.76. The van der Waals surface area contributed by atoms with Crippen LogP contribution in [0.25, 0.3) is 0 Å². The number of hydrogen-bond acceptors (Lipinski definition) is 5. The molecule has 21 heavy (non-hydrogen) atoms. The van der Waals surface area contributed by atoms with Crippen molar-refractivity contribution in [3.8, 4) is 5.75 Å². The number of benzene rings is 1. The van der Waals surface area contributed by atoms with Crippen LogP contribution in [0.5, 0.6) is 5.75 Å². The van der Waals surface area contributed by atoms with Gasteiger partial charge in [-0.05, 0) is 32.4 Å². The lowest BCUT2D eigenvalue weighted by Gasteiger charge is -2.16. The average molecular weight is 315 g/mol. The standard InChI is InChI=1S/C14H22NO5P/c1-3-19-21(18,20-4-2)10-6-9-14(17)15-12-7-5-8-13(16)11-12/h5,7-8,11,16H,3-4,6,9-10H2,1-2H3,(H,15,17). The first kappa shape index (κ1) is 17.7. The SMILES string of the molecule is CCOP(=O)(CCCC(=O)Nc1cccc(O)c1)OCC. The highest BCUT2D eigenvalue weighted by atomic mass is 31.2. The number of anilines is 1. The summed E-state index contributed by atoms with van der Waals surface area (Å²) in [6.07, 6.45) is 0.823. The molecule has 0 atom stereocenters. The van der Waals surface area contributed by atoms with Gasteiger partial charge in [-0.25, -0.2) is 0 Å². The second-order valence-electron chi connectivity index (χ2n) is 4.37. The number of phenolic OH excluding ortho intramolecular Hbond substituents is 1. The van der Waals surface area contributed by atoms with Crippen LogP contribution in [0.1, 0.15) is 26.7 Å². The Morgan fingerprint density at radius 1 is 1.29 bits per heavy atom. The van der Waals surface area contributed by atoms with Gasteiger partial charge in [0, 0.05) is 18.2 Å². The van der Waals surface area contributed by atoms with Gasteiger partial charge < -0.3 is 19.5 Å². The molecule has 0 heterocycles. The Labute approximate surface area is 125 Å². The molecule has 1 amide bonds. The molecule has 0 spiro atoms. The fraction of sp³-hybridized carbons (Fsp3) is 0.500. The van der Waals surface area contributed by atoms with Crippen LogP contribution < -0.4 is 5.32 Å². The summed E-state index contributed by atoms with van der Waals surface area (Å²) >= 11 is 0. The maximum atomic E-state index is 12.2. The summed E-state index contributed by atoms with van der Waals surface area (Å²) in [4.78, 5) is 11.8. The highest BCUT2D eigenvalue weighted by Crippen LogP contribution is 2.48. The Bertz CT molecular complexity index is 496. The molecule has 1 rings (SSSR count). The van der Waals surface area contributed by atoms with E-state index in [0.29, 0.717) is 25.3 Å². The Kier molecular flexibility index (Phi) is 7.43. The van der Waals surface area contributed by atoms with Crippen molar-refractivity contribution in [1.29, 1.82) is 0 Å². The monoisotopic (exact) mass is 315 g/mol. The van der Waals surface area contributed by atoms with Crippen molar-refractivity contribution >= 4 is 19.2 Å². The average Bonchev–Trinajstić information content (AvgIpc) is 2.39. The molecule has 0 aliphatic heterocycles. The van der Waals surface area contributed by atoms with Gasteiger partial charge in [0.15, 0.2) is 0 Å². The van der Waals surface area contributed by atoms with Gasteiger partial charge in [0.25, 0.3) is 0 Å². The molecule has 6 nitrogen and oxygen atoms in total. The summed E-state index contributed by atoms with van der Waals surface area (Å²) in [5, 5.41) is 12.0. The van der Waals surface area contributed by atoms with Gasteiger partial charge in [0.2, 0.25) is 5.91 Å². The van der Waals surface area contributed by atoms with E-state index in [1.165, 1.54) is 12.1 Å². The minimum absolute atomic E-state index is 0.0880. The van der Waals surface area contributed by atoms with Crippen molar-refractivity contribution < 1.29 is 23.5 Å². The fourth-order valence-corrected chi connectivity index (χ4v) is 3.47. The van der Waals surface area contributed by atoms with Crippen molar-refractivity contribution in [2.24, 2.45) is 0 Å². The van der Waals surface area contributed by atoms with Gasteiger partial charge in [0.1, 0.15) is 5.75 Å². The third-order valence-corrected chi connectivity index (χ3v) is 4.78. The van der Waals surface area contributed by atoms with Crippen LogP contribution in [-0.4, -0.2) is 30.4 Å². The molecule has 0 saturated carbocycles. The van der Waals surface area contributed by atoms with Crippen LogP contribution in [0.3, 0.4) is 0 Å². The van der Waals surface area contributed by atoms with E-state index in [4.69, 9.17) is 9.05 Å². The van der Waals surface area contributed by atoms with E-state index in [-0.39, 0.29) is 24.2 Å². The van der Waals surface area contributed by atoms with Gasteiger partial charge in [-0.1, -0.05) is 6.07 Å². The number of carbonyl (C=O) groups is 1. The van der Waals surface area contributed by atoms with Crippen molar-refractivity contribution in [2.45, 2.75) is 26.7 Å². The Hall–Kier alpha value is -1.36. The zero-order chi connectivity index (χ0) is 15.7. The molecular weight excluding hydrogens is 293 g/mol. The van der Waals surface area contributed by atoms with Crippen molar-refractivity contribution in [3.63, 3.8) is 0 Å². The first-order chi connectivity index (χ1) is 9.99. The molecule has 0 radical (unpaired) electrons. The van der Waals surface area contributed by atoms with E-state index < -0.39 is 7.60 Å². The number of amides is 1. The lowest BCUT2D eigenvalue weighted by Crippen LogP contribution is -2.12. The van der Waals surface area contributed by atoms with Crippen LogP contribution in [0.4, 0.5) is 5.69 Å². The predicted octanol–water partition coefficient (Wildman–Crippen LogP) is 3.38. The summed E-state index contributed by atoms with van der Waals surface area (Å²) in [5.41, 5.74) is 0.526. The van der Waals surface area contributed by atoms with Crippen LogP contribution in [0, 0.1) is 0 Å². The van der Waals surface area contributed by atoms with Crippen LogP contribution >= 0.6 is 7.60 Å². The second kappa shape index (κ2) is 8.82. The molecule has 0 aliphatic rings. The summed E-state index contributed by atoms with van der Waals surface area (Å²) in [7, 11) is -3.09. The van der Waals surface area contributed by atoms with Crippen LogP contribution in [0.2, 0.25) is 0 Å². The van der Waals surface area contributed by atoms with E-state index in [0.717, 1.165) is 0 Å². The van der Waals surface area contributed by atoms with Crippen molar-refractivity contribution in [3.05, 3.63) is 24.3 Å². The Balaban J connectivity index is 2.40. The number of nitrogens with one attached hydrogen (secondary N) is 1. The van der Waals surface area contributed by atoms with Gasteiger partial charge >= 0.3 is 7.60 Å². The molecule has 0 bridgehead atoms. The van der Waals surface area contributed by atoms with Gasteiger partial charge in [-0.15, -0.1) is 0 Å². The first-order valence-corrected chi connectivity index (χ1v) is 8.69. The maximum absolute atomic E-state index is 12.2. The zero-order valence-electron chi connectivity index (χ0n) is 12.4. The van der Waals surface area contributed by atoms with E-state index in [1.54, 1.807) is 26.0 Å². The van der Waals surface area contributed by atoms with Gasteiger partial charge in [-0.2, -0.15) is 0 Å². The number of rotatable bonds is 9. The van der Waals surface area contributed by atoms with E-state index >= 15 is 0 Å². The second-order valence-corrected chi connectivity index (χ2v) is 6.56. The molecular formula is C14H22NO5P. The molecule has 1 aromatic rings. The summed E-state index contributed by atoms with van der Waals surface area (Å²) in [6.45, 7) is 4.13.